The molecule has 3 aromatic rings. The van der Waals surface area contributed by atoms with Crippen molar-refractivity contribution in [3.63, 3.8) is 0 Å². The van der Waals surface area contributed by atoms with E-state index in [4.69, 9.17) is 0 Å². The van der Waals surface area contributed by atoms with Crippen molar-refractivity contribution < 1.29 is 22.0 Å². The molecule has 0 aliphatic rings. The number of benzene rings is 3. The molecule has 0 radical (unpaired) electrons. The Labute approximate surface area is 168 Å². The van der Waals surface area contributed by atoms with Gasteiger partial charge >= 0.3 is 0 Å². The number of carbonyl (C=O) groups is 1. The zero-order valence-corrected chi connectivity index (χ0v) is 16.7. The molecule has 3 aromatic carbocycles. The number of anilines is 1. The predicted octanol–water partition coefficient (Wildman–Crippen LogP) is 3.59. The van der Waals surface area contributed by atoms with Crippen molar-refractivity contribution in [2.75, 3.05) is 10.6 Å². The molecule has 152 valence electrons. The van der Waals surface area contributed by atoms with Gasteiger partial charge in [0.15, 0.2) is 11.6 Å². The predicted molar refractivity (Wildman–Crippen MR) is 109 cm³/mol. The lowest BCUT2D eigenvalue weighted by Crippen LogP contribution is -2.47. The van der Waals surface area contributed by atoms with Crippen molar-refractivity contribution in [1.29, 1.82) is 0 Å². The molecule has 3 rings (SSSR count). The number of carbonyl (C=O) groups excluding carboxylic acids is 1. The topological polar surface area (TPSA) is 66.5 Å². The molecule has 0 fully saturated rings. The molecule has 1 atom stereocenters. The number of fused-ring (bicyclic) bond motifs is 1. The first-order chi connectivity index (χ1) is 13.7. The molecule has 0 spiro atoms. The van der Waals surface area contributed by atoms with Gasteiger partial charge in [-0.05, 0) is 41.5 Å². The average Bonchev–Trinajstić information content (AvgIpc) is 2.67. The van der Waals surface area contributed by atoms with E-state index in [0.29, 0.717) is 0 Å². The van der Waals surface area contributed by atoms with Gasteiger partial charge in [-0.3, -0.25) is 9.10 Å². The monoisotopic (exact) mass is 418 g/mol. The molecule has 1 N–H and O–H groups in total. The number of hydrogen-bond acceptors (Lipinski definition) is 3. The van der Waals surface area contributed by atoms with Crippen LogP contribution >= 0.6 is 0 Å². The number of nitrogens with one attached hydrogen (secondary N) is 1. The maximum atomic E-state index is 13.6. The number of sulfonamides is 1. The van der Waals surface area contributed by atoms with E-state index >= 15 is 0 Å². The summed E-state index contributed by atoms with van der Waals surface area (Å²) in [6, 6.07) is 15.1. The van der Waals surface area contributed by atoms with E-state index in [-0.39, 0.29) is 12.2 Å². The Hall–Kier alpha value is -3.00. The first kappa shape index (κ1) is 20.7. The summed E-state index contributed by atoms with van der Waals surface area (Å²) in [6.07, 6.45) is 0.904. The van der Waals surface area contributed by atoms with Gasteiger partial charge in [0.25, 0.3) is 0 Å². The van der Waals surface area contributed by atoms with Crippen LogP contribution in [0.4, 0.5) is 14.5 Å². The fraction of sp³-hybridized carbons (Fsp3) is 0.190. The lowest BCUT2D eigenvalue weighted by molar-refractivity contribution is -0.122. The Kier molecular flexibility index (Phi) is 5.83. The minimum absolute atomic E-state index is 0.125. The molecule has 8 heteroatoms. The third kappa shape index (κ3) is 4.71. The maximum absolute atomic E-state index is 13.6. The Morgan fingerprint density at radius 1 is 1.00 bits per heavy atom. The van der Waals surface area contributed by atoms with Gasteiger partial charge in [-0.25, -0.2) is 17.2 Å². The molecule has 0 heterocycles. The fourth-order valence-electron chi connectivity index (χ4n) is 3.12. The first-order valence-corrected chi connectivity index (χ1v) is 10.7. The normalized spacial score (nSPS) is 12.6. The second kappa shape index (κ2) is 8.16. The summed E-state index contributed by atoms with van der Waals surface area (Å²) < 4.78 is 52.0. The molecular weight excluding hydrogens is 398 g/mol. The molecule has 29 heavy (non-hydrogen) atoms. The lowest BCUT2D eigenvalue weighted by atomic mass is 10.1. The molecule has 0 saturated carbocycles. The maximum Gasteiger partial charge on any atom is 0.243 e. The fourth-order valence-corrected chi connectivity index (χ4v) is 4.28. The molecule has 0 aliphatic carbocycles. The summed E-state index contributed by atoms with van der Waals surface area (Å²) in [4.78, 5) is 12.6. The van der Waals surface area contributed by atoms with Gasteiger partial charge in [0, 0.05) is 12.6 Å². The summed E-state index contributed by atoms with van der Waals surface area (Å²) >= 11 is 0. The van der Waals surface area contributed by atoms with Crippen molar-refractivity contribution in [3.05, 3.63) is 77.9 Å². The van der Waals surface area contributed by atoms with Crippen molar-refractivity contribution >= 4 is 32.4 Å². The van der Waals surface area contributed by atoms with Gasteiger partial charge in [-0.15, -0.1) is 0 Å². The molecular formula is C21H20F2N2O3S. The van der Waals surface area contributed by atoms with Crippen LogP contribution < -0.4 is 9.62 Å². The Balaban J connectivity index is 1.78. The van der Waals surface area contributed by atoms with E-state index in [1.807, 2.05) is 42.5 Å². The van der Waals surface area contributed by atoms with Gasteiger partial charge in [0.05, 0.1) is 11.9 Å². The summed E-state index contributed by atoms with van der Waals surface area (Å²) in [5, 5.41) is 4.79. The molecule has 0 aromatic heterocycles. The van der Waals surface area contributed by atoms with E-state index < -0.39 is 33.6 Å². The summed E-state index contributed by atoms with van der Waals surface area (Å²) in [5.74, 6) is -2.86. The van der Waals surface area contributed by atoms with E-state index in [1.54, 1.807) is 0 Å². The van der Waals surface area contributed by atoms with Crippen LogP contribution in [0.5, 0.6) is 0 Å². The third-order valence-corrected chi connectivity index (χ3v) is 5.77. The van der Waals surface area contributed by atoms with Gasteiger partial charge < -0.3 is 5.32 Å². The standard InChI is InChI=1S/C21H20F2N2O3S/c1-14(25(29(2,27)28)18-9-10-19(22)20(23)12-18)21(26)24-13-15-7-8-16-5-3-4-6-17(16)11-15/h3-12,14H,13H2,1-2H3,(H,24,26)/t14-/m0/s1. The van der Waals surface area contributed by atoms with Crippen LogP contribution in [0.15, 0.2) is 60.7 Å². The van der Waals surface area contributed by atoms with Crippen LogP contribution in [0.25, 0.3) is 10.8 Å². The highest BCUT2D eigenvalue weighted by Crippen LogP contribution is 2.23. The summed E-state index contributed by atoms with van der Waals surface area (Å²) in [7, 11) is -3.92. The van der Waals surface area contributed by atoms with Crippen LogP contribution in [-0.2, 0) is 21.4 Å². The molecule has 5 nitrogen and oxygen atoms in total. The van der Waals surface area contributed by atoms with Crippen molar-refractivity contribution in [2.45, 2.75) is 19.5 Å². The lowest BCUT2D eigenvalue weighted by Gasteiger charge is -2.28. The number of nitrogens with zero attached hydrogens (tertiary/aromatic N) is 1. The number of amides is 1. The Morgan fingerprint density at radius 3 is 2.34 bits per heavy atom. The Bertz CT molecular complexity index is 1170. The smallest absolute Gasteiger partial charge is 0.243 e. The number of rotatable bonds is 6. The van der Waals surface area contributed by atoms with Gasteiger partial charge in [-0.2, -0.15) is 0 Å². The van der Waals surface area contributed by atoms with Crippen molar-refractivity contribution in [1.82, 2.24) is 5.32 Å². The van der Waals surface area contributed by atoms with Crippen LogP contribution in [0.3, 0.4) is 0 Å². The Morgan fingerprint density at radius 2 is 1.69 bits per heavy atom. The highest BCUT2D eigenvalue weighted by Gasteiger charge is 2.29. The second-order valence-corrected chi connectivity index (χ2v) is 8.59. The van der Waals surface area contributed by atoms with E-state index in [0.717, 1.165) is 45.1 Å². The highest BCUT2D eigenvalue weighted by molar-refractivity contribution is 7.92. The van der Waals surface area contributed by atoms with Gasteiger partial charge in [0.1, 0.15) is 6.04 Å². The van der Waals surface area contributed by atoms with Gasteiger partial charge in [0.2, 0.25) is 15.9 Å². The molecule has 0 saturated heterocycles. The molecule has 1 amide bonds. The first-order valence-electron chi connectivity index (χ1n) is 8.86. The van der Waals surface area contributed by atoms with E-state index in [9.17, 15) is 22.0 Å². The van der Waals surface area contributed by atoms with E-state index in [2.05, 4.69) is 5.32 Å². The third-order valence-electron chi connectivity index (χ3n) is 4.53. The number of halogens is 2. The summed E-state index contributed by atoms with van der Waals surface area (Å²) in [5.41, 5.74) is 0.725. The van der Waals surface area contributed by atoms with E-state index in [1.165, 1.54) is 6.92 Å². The average molecular weight is 418 g/mol. The van der Waals surface area contributed by atoms with Crippen LogP contribution in [0, 0.1) is 11.6 Å². The number of hydrogen-bond donors (Lipinski definition) is 1. The SMILES string of the molecule is C[C@@H](C(=O)NCc1ccc2ccccc2c1)N(c1ccc(F)c(F)c1)S(C)(=O)=O. The van der Waals surface area contributed by atoms with Crippen LogP contribution in [0.1, 0.15) is 12.5 Å². The largest absolute Gasteiger partial charge is 0.350 e. The summed E-state index contributed by atoms with van der Waals surface area (Å²) in [6.45, 7) is 1.58. The van der Waals surface area contributed by atoms with Crippen molar-refractivity contribution in [3.8, 4) is 0 Å². The highest BCUT2D eigenvalue weighted by atomic mass is 32.2. The van der Waals surface area contributed by atoms with Gasteiger partial charge in [-0.1, -0.05) is 36.4 Å². The van der Waals surface area contributed by atoms with Crippen LogP contribution in [-0.4, -0.2) is 26.6 Å². The molecule has 0 unspecified atom stereocenters. The van der Waals surface area contributed by atoms with Crippen LogP contribution in [0.2, 0.25) is 0 Å². The quantitative estimate of drug-likeness (QED) is 0.665. The zero-order chi connectivity index (χ0) is 21.2. The molecule has 0 aliphatic heterocycles. The second-order valence-electron chi connectivity index (χ2n) is 6.73. The molecule has 0 bridgehead atoms. The minimum atomic E-state index is -3.92. The minimum Gasteiger partial charge on any atom is -0.350 e. The van der Waals surface area contributed by atoms with Crippen molar-refractivity contribution in [2.24, 2.45) is 0 Å². The zero-order valence-electron chi connectivity index (χ0n) is 15.9.